The van der Waals surface area contributed by atoms with E-state index < -0.39 is 0 Å². The van der Waals surface area contributed by atoms with E-state index in [9.17, 15) is 9.90 Å². The van der Waals surface area contributed by atoms with Crippen molar-refractivity contribution in [1.82, 2.24) is 15.1 Å². The lowest BCUT2D eigenvalue weighted by Gasteiger charge is -2.38. The number of benzene rings is 2. The van der Waals surface area contributed by atoms with Gasteiger partial charge in [0.1, 0.15) is 0 Å². The Kier molecular flexibility index (Phi) is 9.81. The fraction of sp³-hybridized carbons (Fsp3) is 0.500. The van der Waals surface area contributed by atoms with Crippen LogP contribution in [-0.4, -0.2) is 59.1 Å². The minimum Gasteiger partial charge on any atom is -0.504 e. The van der Waals surface area contributed by atoms with Crippen LogP contribution in [0, 0.1) is 12.3 Å². The number of terminal acetylenes is 1. The number of aromatic hydroxyl groups is 1. The molecular formula is C30H41N3O3. The summed E-state index contributed by atoms with van der Waals surface area (Å²) >= 11 is 0. The van der Waals surface area contributed by atoms with E-state index in [2.05, 4.69) is 47.9 Å². The molecule has 3 rings (SSSR count). The number of hydrogen-bond donors (Lipinski definition) is 2. The molecule has 0 saturated heterocycles. The maximum atomic E-state index is 13.1. The van der Waals surface area contributed by atoms with Gasteiger partial charge in [0.2, 0.25) is 0 Å². The molecule has 0 aromatic heterocycles. The lowest BCUT2D eigenvalue weighted by atomic mass is 9.88. The SMILES string of the molecule is C#CCN(CC)CCNC(=O)c1cccc2c1CN(C(C)(CC)CCc1ccc(O)c(OCC)c1)C2. The topological polar surface area (TPSA) is 65.0 Å². The van der Waals surface area contributed by atoms with Crippen LogP contribution in [0.4, 0.5) is 0 Å². The molecule has 6 nitrogen and oxygen atoms in total. The second-order valence-corrected chi connectivity index (χ2v) is 9.71. The number of hydrogen-bond acceptors (Lipinski definition) is 5. The highest BCUT2D eigenvalue weighted by Gasteiger charge is 2.35. The number of ether oxygens (including phenoxy) is 1. The third-order valence-corrected chi connectivity index (χ3v) is 7.50. The van der Waals surface area contributed by atoms with Crippen molar-refractivity contribution in [2.24, 2.45) is 0 Å². The molecule has 0 radical (unpaired) electrons. The van der Waals surface area contributed by atoms with Crippen LogP contribution in [-0.2, 0) is 19.5 Å². The molecule has 1 aliphatic heterocycles. The molecule has 1 unspecified atom stereocenters. The Bertz CT molecular complexity index is 1080. The number of fused-ring (bicyclic) bond motifs is 1. The average Bonchev–Trinajstić information content (AvgIpc) is 3.33. The molecular weight excluding hydrogens is 450 g/mol. The van der Waals surface area contributed by atoms with Crippen LogP contribution in [0.2, 0.25) is 0 Å². The largest absolute Gasteiger partial charge is 0.504 e. The van der Waals surface area contributed by atoms with E-state index in [1.807, 2.05) is 31.2 Å². The van der Waals surface area contributed by atoms with Crippen LogP contribution >= 0.6 is 0 Å². The fourth-order valence-electron chi connectivity index (χ4n) is 4.87. The standard InChI is InChI=1S/C30H41N3O3/c1-6-18-32(8-3)19-17-31-29(35)25-12-10-11-24-21-33(22-26(24)25)30(5,7-2)16-15-23-13-14-27(34)28(20-23)36-9-4/h1,10-14,20,34H,7-9,15-19,21-22H2,2-5H3,(H,31,35). The Morgan fingerprint density at radius 3 is 2.75 bits per heavy atom. The molecule has 2 aromatic carbocycles. The van der Waals surface area contributed by atoms with Crippen molar-refractivity contribution in [3.63, 3.8) is 0 Å². The molecule has 0 bridgehead atoms. The molecule has 0 spiro atoms. The van der Waals surface area contributed by atoms with Crippen molar-refractivity contribution in [3.05, 3.63) is 58.7 Å². The second kappa shape index (κ2) is 12.8. The molecule has 1 heterocycles. The number of carbonyl (C=O) groups excluding carboxylic acids is 1. The Balaban J connectivity index is 1.66. The molecule has 2 N–H and O–H groups in total. The van der Waals surface area contributed by atoms with Crippen LogP contribution in [0.15, 0.2) is 36.4 Å². The van der Waals surface area contributed by atoms with Crippen molar-refractivity contribution >= 4 is 5.91 Å². The maximum absolute atomic E-state index is 13.1. The first-order chi connectivity index (χ1) is 17.3. The number of phenolic OH excluding ortho intramolecular Hbond substituents is 1. The van der Waals surface area contributed by atoms with Gasteiger partial charge in [0.15, 0.2) is 11.5 Å². The van der Waals surface area contributed by atoms with Crippen molar-refractivity contribution in [3.8, 4) is 23.8 Å². The van der Waals surface area contributed by atoms with Crippen LogP contribution in [0.1, 0.15) is 67.6 Å². The quantitative estimate of drug-likeness (QED) is 0.401. The summed E-state index contributed by atoms with van der Waals surface area (Å²) in [5.74, 6) is 3.37. The van der Waals surface area contributed by atoms with Crippen molar-refractivity contribution in [2.75, 3.05) is 32.8 Å². The third-order valence-electron chi connectivity index (χ3n) is 7.50. The Hall–Kier alpha value is -3.01. The molecule has 36 heavy (non-hydrogen) atoms. The first-order valence-electron chi connectivity index (χ1n) is 13.1. The molecule has 1 aliphatic rings. The highest BCUT2D eigenvalue weighted by molar-refractivity contribution is 5.96. The molecule has 6 heteroatoms. The van der Waals surface area contributed by atoms with E-state index in [1.165, 1.54) is 5.56 Å². The number of amides is 1. The van der Waals surface area contributed by atoms with Gasteiger partial charge in [-0.2, -0.15) is 0 Å². The highest BCUT2D eigenvalue weighted by atomic mass is 16.5. The number of nitrogens with zero attached hydrogens (tertiary/aromatic N) is 2. The summed E-state index contributed by atoms with van der Waals surface area (Å²) in [5, 5.41) is 13.1. The van der Waals surface area contributed by atoms with Gasteiger partial charge in [0, 0.05) is 37.3 Å². The molecule has 1 amide bonds. The predicted octanol–water partition coefficient (Wildman–Crippen LogP) is 4.59. The Morgan fingerprint density at radius 1 is 1.25 bits per heavy atom. The Morgan fingerprint density at radius 2 is 2.06 bits per heavy atom. The maximum Gasteiger partial charge on any atom is 0.251 e. The number of nitrogens with one attached hydrogen (secondary N) is 1. The monoisotopic (exact) mass is 491 g/mol. The predicted molar refractivity (Wildman–Crippen MR) is 145 cm³/mol. The minimum atomic E-state index is -0.0206. The van der Waals surface area contributed by atoms with Gasteiger partial charge in [0.25, 0.3) is 5.91 Å². The zero-order chi connectivity index (χ0) is 26.1. The summed E-state index contributed by atoms with van der Waals surface area (Å²) < 4.78 is 5.56. The van der Waals surface area contributed by atoms with Crippen molar-refractivity contribution < 1.29 is 14.6 Å². The van der Waals surface area contributed by atoms with Crippen LogP contribution in [0.3, 0.4) is 0 Å². The van der Waals surface area contributed by atoms with Crippen LogP contribution in [0.25, 0.3) is 0 Å². The van der Waals surface area contributed by atoms with E-state index in [4.69, 9.17) is 11.2 Å². The summed E-state index contributed by atoms with van der Waals surface area (Å²) in [5.41, 5.74) is 4.27. The van der Waals surface area contributed by atoms with Gasteiger partial charge in [0.05, 0.1) is 13.2 Å². The number of likely N-dealkylation sites (N-methyl/N-ethyl adjacent to an activating group) is 1. The van der Waals surface area contributed by atoms with Gasteiger partial charge in [-0.05, 0) is 74.5 Å². The Labute approximate surface area is 216 Å². The van der Waals surface area contributed by atoms with Gasteiger partial charge in [-0.1, -0.05) is 38.0 Å². The molecule has 0 fully saturated rings. The number of aryl methyl sites for hydroxylation is 1. The fourth-order valence-corrected chi connectivity index (χ4v) is 4.87. The summed E-state index contributed by atoms with van der Waals surface area (Å²) in [7, 11) is 0. The van der Waals surface area contributed by atoms with Gasteiger partial charge >= 0.3 is 0 Å². The minimum absolute atomic E-state index is 0.0174. The van der Waals surface area contributed by atoms with E-state index in [0.717, 1.165) is 62.1 Å². The third kappa shape index (κ3) is 6.60. The number of carbonyl (C=O) groups is 1. The van der Waals surface area contributed by atoms with Gasteiger partial charge in [-0.25, -0.2) is 0 Å². The number of rotatable bonds is 13. The molecule has 1 atom stereocenters. The van der Waals surface area contributed by atoms with Gasteiger partial charge in [-0.3, -0.25) is 14.6 Å². The van der Waals surface area contributed by atoms with Crippen molar-refractivity contribution in [1.29, 1.82) is 0 Å². The zero-order valence-electron chi connectivity index (χ0n) is 22.3. The first kappa shape index (κ1) is 27.6. The molecule has 194 valence electrons. The molecule has 0 aliphatic carbocycles. The number of phenols is 1. The van der Waals surface area contributed by atoms with Crippen molar-refractivity contribution in [2.45, 2.75) is 65.6 Å². The second-order valence-electron chi connectivity index (χ2n) is 9.71. The van der Waals surface area contributed by atoms with Gasteiger partial charge < -0.3 is 15.2 Å². The summed E-state index contributed by atoms with van der Waals surface area (Å²) in [4.78, 5) is 17.7. The zero-order valence-corrected chi connectivity index (χ0v) is 22.3. The van der Waals surface area contributed by atoms with Crippen LogP contribution in [0.5, 0.6) is 11.5 Å². The summed E-state index contributed by atoms with van der Waals surface area (Å²) in [6.07, 6.45) is 8.28. The van der Waals surface area contributed by atoms with E-state index in [1.54, 1.807) is 6.07 Å². The van der Waals surface area contributed by atoms with Crippen LogP contribution < -0.4 is 10.1 Å². The summed E-state index contributed by atoms with van der Waals surface area (Å²) in [6, 6.07) is 11.7. The van der Waals surface area contributed by atoms with E-state index >= 15 is 0 Å². The lowest BCUT2D eigenvalue weighted by molar-refractivity contribution is 0.0864. The van der Waals surface area contributed by atoms with E-state index in [0.29, 0.717) is 25.4 Å². The normalized spacial score (nSPS) is 14.8. The van der Waals surface area contributed by atoms with E-state index in [-0.39, 0.29) is 17.2 Å². The molecule has 2 aromatic rings. The van der Waals surface area contributed by atoms with Gasteiger partial charge in [-0.15, -0.1) is 6.42 Å². The smallest absolute Gasteiger partial charge is 0.251 e. The first-order valence-corrected chi connectivity index (χ1v) is 13.1. The average molecular weight is 492 g/mol. The highest BCUT2D eigenvalue weighted by Crippen LogP contribution is 2.36. The summed E-state index contributed by atoms with van der Waals surface area (Å²) in [6.45, 7) is 13.4. The molecule has 0 saturated carbocycles. The lowest BCUT2D eigenvalue weighted by Crippen LogP contribution is -2.43.